The molecule has 0 atom stereocenters. The summed E-state index contributed by atoms with van der Waals surface area (Å²) >= 11 is 0. The number of methoxy groups -OCH3 is 1. The third-order valence-corrected chi connectivity index (χ3v) is 4.76. The lowest BCUT2D eigenvalue weighted by Gasteiger charge is -2.13. The summed E-state index contributed by atoms with van der Waals surface area (Å²) in [6.07, 6.45) is 8.64. The van der Waals surface area contributed by atoms with Crippen molar-refractivity contribution >= 4 is 5.82 Å². The first-order valence-corrected chi connectivity index (χ1v) is 8.74. The number of rotatable bonds is 5. The maximum Gasteiger partial charge on any atom is 0.126 e. The molecule has 1 saturated carbocycles. The number of aromatic nitrogens is 3. The number of hydrogen-bond donors (Lipinski definition) is 2. The smallest absolute Gasteiger partial charge is 0.126 e. The predicted molar refractivity (Wildman–Crippen MR) is 99.7 cm³/mol. The molecule has 1 aliphatic rings. The van der Waals surface area contributed by atoms with Crippen molar-refractivity contribution in [1.82, 2.24) is 15.0 Å². The summed E-state index contributed by atoms with van der Waals surface area (Å²) in [5, 5.41) is 3.55. The Morgan fingerprint density at radius 3 is 2.60 bits per heavy atom. The van der Waals surface area contributed by atoms with Gasteiger partial charge < -0.3 is 15.0 Å². The Balaban J connectivity index is 1.62. The second-order valence-corrected chi connectivity index (χ2v) is 6.41. The van der Waals surface area contributed by atoms with Crippen LogP contribution in [0.3, 0.4) is 0 Å². The Morgan fingerprint density at radius 1 is 1.04 bits per heavy atom. The molecule has 0 aliphatic heterocycles. The summed E-state index contributed by atoms with van der Waals surface area (Å²) < 4.78 is 5.24. The van der Waals surface area contributed by atoms with Crippen LogP contribution in [-0.4, -0.2) is 28.1 Å². The molecule has 25 heavy (non-hydrogen) atoms. The van der Waals surface area contributed by atoms with Crippen LogP contribution < -0.4 is 10.1 Å². The Morgan fingerprint density at radius 2 is 1.84 bits per heavy atom. The number of nitrogens with one attached hydrogen (secondary N) is 2. The van der Waals surface area contributed by atoms with Crippen LogP contribution >= 0.6 is 0 Å². The second kappa shape index (κ2) is 6.97. The molecule has 5 heteroatoms. The molecule has 2 heterocycles. The van der Waals surface area contributed by atoms with Crippen LogP contribution in [0.4, 0.5) is 5.82 Å². The van der Waals surface area contributed by atoms with Crippen molar-refractivity contribution in [3.63, 3.8) is 0 Å². The van der Waals surface area contributed by atoms with Crippen molar-refractivity contribution in [3.8, 4) is 28.3 Å². The van der Waals surface area contributed by atoms with Crippen LogP contribution in [0.5, 0.6) is 5.75 Å². The van der Waals surface area contributed by atoms with E-state index >= 15 is 0 Å². The van der Waals surface area contributed by atoms with E-state index in [9.17, 15) is 0 Å². The number of H-pyrrole nitrogens is 1. The number of ether oxygens (including phenoxy) is 1. The maximum absolute atomic E-state index is 5.24. The Hall–Kier alpha value is -2.82. The molecule has 2 aromatic heterocycles. The van der Waals surface area contributed by atoms with Crippen molar-refractivity contribution in [1.29, 1.82) is 0 Å². The molecule has 1 aromatic carbocycles. The molecule has 3 aromatic rings. The van der Waals surface area contributed by atoms with E-state index in [2.05, 4.69) is 26.3 Å². The fourth-order valence-electron chi connectivity index (χ4n) is 3.43. The van der Waals surface area contributed by atoms with Crippen molar-refractivity contribution in [2.45, 2.75) is 31.7 Å². The molecule has 0 unspecified atom stereocenters. The van der Waals surface area contributed by atoms with Gasteiger partial charge in [-0.3, -0.25) is 0 Å². The van der Waals surface area contributed by atoms with Gasteiger partial charge in [0.25, 0.3) is 0 Å². The summed E-state index contributed by atoms with van der Waals surface area (Å²) in [7, 11) is 1.67. The van der Waals surface area contributed by atoms with Gasteiger partial charge in [-0.2, -0.15) is 0 Å². The number of pyridine rings is 1. The number of benzene rings is 1. The Labute approximate surface area is 147 Å². The number of imidazole rings is 1. The zero-order valence-corrected chi connectivity index (χ0v) is 14.3. The van der Waals surface area contributed by atoms with Gasteiger partial charge in [0, 0.05) is 23.4 Å². The van der Waals surface area contributed by atoms with Crippen molar-refractivity contribution in [2.24, 2.45) is 0 Å². The minimum absolute atomic E-state index is 0.544. The number of anilines is 1. The third-order valence-electron chi connectivity index (χ3n) is 4.76. The summed E-state index contributed by atoms with van der Waals surface area (Å²) in [6.45, 7) is 0. The van der Waals surface area contributed by atoms with Crippen LogP contribution in [0.25, 0.3) is 22.5 Å². The standard InChI is InChI=1S/C20H22N4O/c1-25-17-8-6-14(7-9-17)19-20(23-13-22-19)15-10-11-21-18(12-15)24-16-4-2-3-5-16/h6-13,16H,2-5H2,1H3,(H,21,24)(H,22,23). The van der Waals surface area contributed by atoms with Gasteiger partial charge in [0.1, 0.15) is 11.6 Å². The molecular formula is C20H22N4O. The molecular weight excluding hydrogens is 312 g/mol. The molecule has 0 saturated heterocycles. The zero-order valence-electron chi connectivity index (χ0n) is 14.3. The highest BCUT2D eigenvalue weighted by Gasteiger charge is 2.16. The Kier molecular flexibility index (Phi) is 4.37. The predicted octanol–water partition coefficient (Wildman–Crippen LogP) is 4.50. The minimum atomic E-state index is 0.544. The molecule has 2 N–H and O–H groups in total. The Bertz CT molecular complexity index is 835. The van der Waals surface area contributed by atoms with E-state index in [1.54, 1.807) is 13.4 Å². The monoisotopic (exact) mass is 334 g/mol. The van der Waals surface area contributed by atoms with E-state index in [-0.39, 0.29) is 0 Å². The van der Waals surface area contributed by atoms with Gasteiger partial charge in [0.2, 0.25) is 0 Å². The molecule has 128 valence electrons. The molecule has 1 aliphatic carbocycles. The average molecular weight is 334 g/mol. The average Bonchev–Trinajstić information content (AvgIpc) is 3.34. The van der Waals surface area contributed by atoms with Gasteiger partial charge in [-0.25, -0.2) is 9.97 Å². The summed E-state index contributed by atoms with van der Waals surface area (Å²) in [6, 6.07) is 12.6. The molecule has 0 amide bonds. The second-order valence-electron chi connectivity index (χ2n) is 6.41. The summed E-state index contributed by atoms with van der Waals surface area (Å²) in [5.74, 6) is 1.77. The normalized spacial score (nSPS) is 14.6. The topological polar surface area (TPSA) is 62.8 Å². The van der Waals surface area contributed by atoms with Crippen molar-refractivity contribution < 1.29 is 4.74 Å². The van der Waals surface area contributed by atoms with Crippen molar-refractivity contribution in [2.75, 3.05) is 12.4 Å². The fraction of sp³-hybridized carbons (Fsp3) is 0.300. The highest BCUT2D eigenvalue weighted by atomic mass is 16.5. The third kappa shape index (κ3) is 3.36. The molecule has 0 bridgehead atoms. The first kappa shape index (κ1) is 15.7. The lowest BCUT2D eigenvalue weighted by Crippen LogP contribution is -2.15. The van der Waals surface area contributed by atoms with E-state index in [4.69, 9.17) is 4.74 Å². The van der Waals surface area contributed by atoms with Crippen LogP contribution in [0.1, 0.15) is 25.7 Å². The zero-order chi connectivity index (χ0) is 17.1. The maximum atomic E-state index is 5.24. The molecule has 0 radical (unpaired) electrons. The van der Waals surface area contributed by atoms with Gasteiger partial charge in [0.15, 0.2) is 0 Å². The van der Waals surface area contributed by atoms with E-state index in [1.807, 2.05) is 36.5 Å². The summed E-state index contributed by atoms with van der Waals surface area (Å²) in [5.41, 5.74) is 4.07. The molecule has 4 rings (SSSR count). The van der Waals surface area contributed by atoms with E-state index in [0.29, 0.717) is 6.04 Å². The SMILES string of the molecule is COc1ccc(-c2[nH]cnc2-c2ccnc(NC3CCCC3)c2)cc1. The first-order chi connectivity index (χ1) is 12.3. The largest absolute Gasteiger partial charge is 0.497 e. The van der Waals surface area contributed by atoms with Gasteiger partial charge >= 0.3 is 0 Å². The number of hydrogen-bond acceptors (Lipinski definition) is 4. The number of aromatic amines is 1. The van der Waals surface area contributed by atoms with Crippen LogP contribution in [0.2, 0.25) is 0 Å². The van der Waals surface area contributed by atoms with Gasteiger partial charge in [-0.05, 0) is 49.2 Å². The van der Waals surface area contributed by atoms with E-state index in [1.165, 1.54) is 25.7 Å². The van der Waals surface area contributed by atoms with Gasteiger partial charge in [-0.15, -0.1) is 0 Å². The molecule has 1 fully saturated rings. The first-order valence-electron chi connectivity index (χ1n) is 8.74. The quantitative estimate of drug-likeness (QED) is 0.721. The highest BCUT2D eigenvalue weighted by Crippen LogP contribution is 2.31. The fourth-order valence-corrected chi connectivity index (χ4v) is 3.43. The van der Waals surface area contributed by atoms with Crippen LogP contribution in [0.15, 0.2) is 48.9 Å². The van der Waals surface area contributed by atoms with Crippen LogP contribution in [-0.2, 0) is 0 Å². The molecule has 5 nitrogen and oxygen atoms in total. The van der Waals surface area contributed by atoms with Gasteiger partial charge in [0.05, 0.1) is 24.8 Å². The minimum Gasteiger partial charge on any atom is -0.497 e. The lowest BCUT2D eigenvalue weighted by molar-refractivity contribution is 0.415. The lowest BCUT2D eigenvalue weighted by atomic mass is 10.1. The summed E-state index contributed by atoms with van der Waals surface area (Å²) in [4.78, 5) is 12.3. The van der Waals surface area contributed by atoms with E-state index < -0.39 is 0 Å². The van der Waals surface area contributed by atoms with E-state index in [0.717, 1.165) is 34.1 Å². The molecule has 0 spiro atoms. The van der Waals surface area contributed by atoms with Crippen molar-refractivity contribution in [3.05, 3.63) is 48.9 Å². The van der Waals surface area contributed by atoms with Crippen LogP contribution in [0, 0.1) is 0 Å². The van der Waals surface area contributed by atoms with Gasteiger partial charge in [-0.1, -0.05) is 12.8 Å². The number of nitrogens with zero attached hydrogens (tertiary/aromatic N) is 2. The highest BCUT2D eigenvalue weighted by molar-refractivity contribution is 5.79.